The molecule has 1 unspecified atom stereocenters. The quantitative estimate of drug-likeness (QED) is 0.654. The SMILES string of the molecule is CCCc1ccc(C(=O)NCCC(O)c2cccc3ccccc23)cc1. The Hall–Kier alpha value is -2.65. The summed E-state index contributed by atoms with van der Waals surface area (Å²) in [5.74, 6) is -0.0989. The minimum atomic E-state index is -0.603. The molecule has 0 aliphatic heterocycles. The van der Waals surface area contributed by atoms with Crippen LogP contribution >= 0.6 is 0 Å². The lowest BCUT2D eigenvalue weighted by Gasteiger charge is -2.14. The fourth-order valence-corrected chi connectivity index (χ4v) is 3.23. The van der Waals surface area contributed by atoms with Gasteiger partial charge in [0.25, 0.3) is 5.91 Å². The van der Waals surface area contributed by atoms with Crippen molar-refractivity contribution in [2.75, 3.05) is 6.54 Å². The number of amides is 1. The number of rotatable bonds is 7. The van der Waals surface area contributed by atoms with Gasteiger partial charge in [-0.1, -0.05) is 67.9 Å². The molecule has 0 aliphatic rings. The van der Waals surface area contributed by atoms with Crippen LogP contribution in [0.15, 0.2) is 66.7 Å². The predicted octanol–water partition coefficient (Wildman–Crippen LogP) is 4.65. The van der Waals surface area contributed by atoms with Gasteiger partial charge in [-0.2, -0.15) is 0 Å². The molecule has 0 radical (unpaired) electrons. The molecule has 0 bridgehead atoms. The third kappa shape index (κ3) is 4.30. The molecule has 3 aromatic carbocycles. The van der Waals surface area contributed by atoms with E-state index in [4.69, 9.17) is 0 Å². The summed E-state index contributed by atoms with van der Waals surface area (Å²) in [4.78, 5) is 12.3. The number of nitrogens with one attached hydrogen (secondary N) is 1. The normalized spacial score (nSPS) is 12.1. The van der Waals surface area contributed by atoms with Crippen molar-refractivity contribution in [2.24, 2.45) is 0 Å². The lowest BCUT2D eigenvalue weighted by molar-refractivity contribution is 0.0943. The maximum atomic E-state index is 12.3. The van der Waals surface area contributed by atoms with Crippen LogP contribution in [0, 0.1) is 0 Å². The third-order valence-corrected chi connectivity index (χ3v) is 4.64. The first-order valence-corrected chi connectivity index (χ1v) is 9.22. The number of benzene rings is 3. The second-order valence-electron chi connectivity index (χ2n) is 6.58. The van der Waals surface area contributed by atoms with Crippen LogP contribution in [0.25, 0.3) is 10.8 Å². The van der Waals surface area contributed by atoms with Crippen LogP contribution in [0.4, 0.5) is 0 Å². The van der Waals surface area contributed by atoms with Gasteiger partial charge in [-0.15, -0.1) is 0 Å². The van der Waals surface area contributed by atoms with Crippen molar-refractivity contribution in [3.8, 4) is 0 Å². The molecule has 0 heterocycles. The molecule has 0 saturated carbocycles. The zero-order valence-electron chi connectivity index (χ0n) is 15.1. The molecule has 3 rings (SSSR count). The van der Waals surface area contributed by atoms with Gasteiger partial charge in [-0.25, -0.2) is 0 Å². The molecule has 0 fully saturated rings. The zero-order chi connectivity index (χ0) is 18.4. The standard InChI is InChI=1S/C23H25NO2/c1-2-6-17-11-13-19(14-12-17)23(26)24-16-15-22(25)21-10-5-8-18-7-3-4-9-20(18)21/h3-5,7-14,22,25H,2,6,15-16H2,1H3,(H,24,26). The van der Waals surface area contributed by atoms with Gasteiger partial charge in [0.15, 0.2) is 0 Å². The van der Waals surface area contributed by atoms with Crippen molar-refractivity contribution in [3.05, 3.63) is 83.4 Å². The van der Waals surface area contributed by atoms with Crippen LogP contribution in [0.3, 0.4) is 0 Å². The van der Waals surface area contributed by atoms with E-state index in [2.05, 4.69) is 12.2 Å². The fourth-order valence-electron chi connectivity index (χ4n) is 3.23. The van der Waals surface area contributed by atoms with E-state index in [9.17, 15) is 9.90 Å². The number of fused-ring (bicyclic) bond motifs is 1. The van der Waals surface area contributed by atoms with Crippen LogP contribution in [0.5, 0.6) is 0 Å². The number of aliphatic hydroxyl groups excluding tert-OH is 1. The lowest BCUT2D eigenvalue weighted by atomic mass is 9.99. The van der Waals surface area contributed by atoms with Crippen LogP contribution in [0.1, 0.15) is 47.4 Å². The number of carbonyl (C=O) groups excluding carboxylic acids is 1. The average Bonchev–Trinajstić information content (AvgIpc) is 2.68. The summed E-state index contributed by atoms with van der Waals surface area (Å²) in [5.41, 5.74) is 2.81. The van der Waals surface area contributed by atoms with Gasteiger partial charge in [-0.3, -0.25) is 4.79 Å². The molecular formula is C23H25NO2. The maximum Gasteiger partial charge on any atom is 0.251 e. The van der Waals surface area contributed by atoms with Gasteiger partial charge in [0.1, 0.15) is 0 Å². The number of aryl methyl sites for hydroxylation is 1. The molecule has 1 atom stereocenters. The summed E-state index contributed by atoms with van der Waals surface area (Å²) >= 11 is 0. The van der Waals surface area contributed by atoms with Gasteiger partial charge in [0.2, 0.25) is 0 Å². The van der Waals surface area contributed by atoms with Crippen molar-refractivity contribution >= 4 is 16.7 Å². The monoisotopic (exact) mass is 347 g/mol. The highest BCUT2D eigenvalue weighted by Crippen LogP contribution is 2.25. The van der Waals surface area contributed by atoms with Gasteiger partial charge in [0, 0.05) is 12.1 Å². The van der Waals surface area contributed by atoms with Gasteiger partial charge < -0.3 is 10.4 Å². The average molecular weight is 347 g/mol. The van der Waals surface area contributed by atoms with Crippen LogP contribution in [-0.4, -0.2) is 17.6 Å². The van der Waals surface area contributed by atoms with Gasteiger partial charge >= 0.3 is 0 Å². The first-order valence-electron chi connectivity index (χ1n) is 9.22. The molecule has 3 heteroatoms. The maximum absolute atomic E-state index is 12.3. The Kier molecular flexibility index (Phi) is 6.03. The molecule has 0 aliphatic carbocycles. The Labute approximate surface area is 154 Å². The fraction of sp³-hybridized carbons (Fsp3) is 0.261. The third-order valence-electron chi connectivity index (χ3n) is 4.64. The minimum Gasteiger partial charge on any atom is -0.388 e. The summed E-state index contributed by atoms with van der Waals surface area (Å²) in [6.45, 7) is 2.57. The molecule has 3 aromatic rings. The van der Waals surface area contributed by atoms with E-state index in [0.29, 0.717) is 18.5 Å². The topological polar surface area (TPSA) is 49.3 Å². The van der Waals surface area contributed by atoms with Crippen LogP contribution < -0.4 is 5.32 Å². The number of aliphatic hydroxyl groups is 1. The summed E-state index contributed by atoms with van der Waals surface area (Å²) in [7, 11) is 0. The summed E-state index contributed by atoms with van der Waals surface area (Å²) in [6.07, 6.45) is 2.00. The van der Waals surface area contributed by atoms with E-state index in [-0.39, 0.29) is 5.91 Å². The second-order valence-corrected chi connectivity index (χ2v) is 6.58. The van der Waals surface area contributed by atoms with Gasteiger partial charge in [0.05, 0.1) is 6.10 Å². The molecule has 134 valence electrons. The van der Waals surface area contributed by atoms with Crippen molar-refractivity contribution in [3.63, 3.8) is 0 Å². The zero-order valence-corrected chi connectivity index (χ0v) is 15.1. The molecule has 0 saturated heterocycles. The Balaban J connectivity index is 1.57. The van der Waals surface area contributed by atoms with Crippen molar-refractivity contribution in [1.29, 1.82) is 0 Å². The Morgan fingerprint density at radius 2 is 1.73 bits per heavy atom. The highest BCUT2D eigenvalue weighted by molar-refractivity contribution is 5.94. The summed E-state index contributed by atoms with van der Waals surface area (Å²) in [5, 5.41) is 15.6. The number of hydrogen-bond donors (Lipinski definition) is 2. The Morgan fingerprint density at radius 3 is 2.50 bits per heavy atom. The van der Waals surface area contributed by atoms with Crippen LogP contribution in [0.2, 0.25) is 0 Å². The first kappa shape index (κ1) is 18.2. The highest BCUT2D eigenvalue weighted by Gasteiger charge is 2.12. The first-order chi connectivity index (χ1) is 12.7. The summed E-state index contributed by atoms with van der Waals surface area (Å²) < 4.78 is 0. The van der Waals surface area contributed by atoms with Gasteiger partial charge in [-0.05, 0) is 46.9 Å². The van der Waals surface area contributed by atoms with E-state index in [1.54, 1.807) is 0 Å². The molecule has 2 N–H and O–H groups in total. The van der Waals surface area contributed by atoms with E-state index in [1.807, 2.05) is 66.7 Å². The summed E-state index contributed by atoms with van der Waals surface area (Å²) in [6, 6.07) is 21.7. The molecule has 3 nitrogen and oxygen atoms in total. The Bertz CT molecular complexity index is 866. The highest BCUT2D eigenvalue weighted by atomic mass is 16.3. The Morgan fingerprint density at radius 1 is 1.00 bits per heavy atom. The molecule has 1 amide bonds. The van der Waals surface area contributed by atoms with E-state index < -0.39 is 6.10 Å². The molecule has 26 heavy (non-hydrogen) atoms. The molecule has 0 spiro atoms. The van der Waals surface area contributed by atoms with Crippen molar-refractivity contribution in [2.45, 2.75) is 32.3 Å². The van der Waals surface area contributed by atoms with Crippen molar-refractivity contribution in [1.82, 2.24) is 5.32 Å². The molecular weight excluding hydrogens is 322 g/mol. The lowest BCUT2D eigenvalue weighted by Crippen LogP contribution is -2.25. The van der Waals surface area contributed by atoms with E-state index in [1.165, 1.54) is 5.56 Å². The van der Waals surface area contributed by atoms with Crippen molar-refractivity contribution < 1.29 is 9.90 Å². The smallest absolute Gasteiger partial charge is 0.251 e. The van der Waals surface area contributed by atoms with E-state index in [0.717, 1.165) is 29.2 Å². The largest absolute Gasteiger partial charge is 0.388 e. The van der Waals surface area contributed by atoms with E-state index >= 15 is 0 Å². The number of carbonyl (C=O) groups is 1. The van der Waals surface area contributed by atoms with Crippen LogP contribution in [-0.2, 0) is 6.42 Å². The minimum absolute atomic E-state index is 0.0989. The second kappa shape index (κ2) is 8.63. The molecule has 0 aromatic heterocycles. The predicted molar refractivity (Wildman–Crippen MR) is 106 cm³/mol. The number of hydrogen-bond acceptors (Lipinski definition) is 2.